The predicted molar refractivity (Wildman–Crippen MR) is 66.3 cm³/mol. The summed E-state index contributed by atoms with van der Waals surface area (Å²) >= 11 is 0. The van der Waals surface area contributed by atoms with Crippen molar-refractivity contribution in [1.29, 1.82) is 0 Å². The maximum atomic E-state index is 12.4. The quantitative estimate of drug-likeness (QED) is 0.297. The molecule has 2 fully saturated rings. The predicted octanol–water partition coefficient (Wildman–Crippen LogP) is 0.588. The van der Waals surface area contributed by atoms with Gasteiger partial charge in [0.15, 0.2) is 5.84 Å². The average Bonchev–Trinajstić information content (AvgIpc) is 2.89. The number of hydrogen-bond acceptors (Lipinski definition) is 4. The summed E-state index contributed by atoms with van der Waals surface area (Å²) in [5.41, 5.74) is 4.94. The van der Waals surface area contributed by atoms with Crippen LogP contribution in [-0.4, -0.2) is 36.2 Å². The second-order valence-electron chi connectivity index (χ2n) is 5.13. The van der Waals surface area contributed by atoms with Crippen LogP contribution >= 0.6 is 0 Å². The molecule has 1 aliphatic carbocycles. The second-order valence-corrected chi connectivity index (χ2v) is 5.13. The van der Waals surface area contributed by atoms with E-state index in [0.717, 1.165) is 25.7 Å². The first-order valence-electron chi connectivity index (χ1n) is 6.56. The summed E-state index contributed by atoms with van der Waals surface area (Å²) in [6.45, 7) is 1.36. The van der Waals surface area contributed by atoms with E-state index >= 15 is 0 Å². The van der Waals surface area contributed by atoms with Crippen molar-refractivity contribution in [2.75, 3.05) is 13.2 Å². The monoisotopic (exact) mass is 255 g/mol. The van der Waals surface area contributed by atoms with Gasteiger partial charge in [-0.05, 0) is 25.7 Å². The molecule has 2 aliphatic rings. The molecule has 1 saturated heterocycles. The van der Waals surface area contributed by atoms with Crippen LogP contribution in [-0.2, 0) is 9.53 Å². The summed E-state index contributed by atoms with van der Waals surface area (Å²) in [7, 11) is 0. The molecule has 102 valence electrons. The molecule has 6 nitrogen and oxygen atoms in total. The van der Waals surface area contributed by atoms with Gasteiger partial charge in [-0.15, -0.1) is 0 Å². The van der Waals surface area contributed by atoms with E-state index in [0.29, 0.717) is 26.1 Å². The van der Waals surface area contributed by atoms with Gasteiger partial charge in [0.25, 0.3) is 0 Å². The number of oxime groups is 1. The Bertz CT molecular complexity index is 331. The lowest BCUT2D eigenvalue weighted by Crippen LogP contribution is -2.52. The summed E-state index contributed by atoms with van der Waals surface area (Å²) < 4.78 is 5.26. The largest absolute Gasteiger partial charge is 0.409 e. The Hall–Kier alpha value is -1.30. The molecule has 2 rings (SSSR count). The Morgan fingerprint density at radius 3 is 2.50 bits per heavy atom. The second kappa shape index (κ2) is 5.56. The molecule has 6 heteroatoms. The summed E-state index contributed by atoms with van der Waals surface area (Å²) in [5, 5.41) is 15.0. The number of nitrogens with two attached hydrogens (primary N) is 1. The maximum absolute atomic E-state index is 12.4. The van der Waals surface area contributed by atoms with Gasteiger partial charge in [-0.2, -0.15) is 0 Å². The first-order chi connectivity index (χ1) is 8.69. The molecule has 0 atom stereocenters. The molecule has 0 radical (unpaired) electrons. The van der Waals surface area contributed by atoms with Crippen molar-refractivity contribution in [1.82, 2.24) is 5.32 Å². The smallest absolute Gasteiger partial charge is 0.234 e. The number of carbonyl (C=O) groups is 1. The zero-order chi connectivity index (χ0) is 13.0. The molecular formula is C12H21N3O3. The van der Waals surface area contributed by atoms with Crippen molar-refractivity contribution in [3.63, 3.8) is 0 Å². The zero-order valence-corrected chi connectivity index (χ0v) is 10.5. The van der Waals surface area contributed by atoms with Gasteiger partial charge >= 0.3 is 0 Å². The summed E-state index contributed by atoms with van der Waals surface area (Å²) in [6, 6.07) is 0.148. The molecule has 1 amide bonds. The third-order valence-electron chi connectivity index (χ3n) is 4.05. The van der Waals surface area contributed by atoms with E-state index in [4.69, 9.17) is 15.7 Å². The van der Waals surface area contributed by atoms with Gasteiger partial charge in [-0.25, -0.2) is 0 Å². The number of rotatable bonds is 3. The Labute approximate surface area is 107 Å². The van der Waals surface area contributed by atoms with E-state index in [1.807, 2.05) is 0 Å². The van der Waals surface area contributed by atoms with Crippen LogP contribution in [0.25, 0.3) is 0 Å². The molecule has 0 aromatic carbocycles. The molecule has 1 saturated carbocycles. The minimum absolute atomic E-state index is 0.0459. The summed E-state index contributed by atoms with van der Waals surface area (Å²) in [5.74, 6) is -0.0493. The molecule has 1 heterocycles. The van der Waals surface area contributed by atoms with Crippen LogP contribution in [0, 0.1) is 5.41 Å². The van der Waals surface area contributed by atoms with Crippen molar-refractivity contribution in [2.24, 2.45) is 16.3 Å². The fraction of sp³-hybridized carbons (Fsp3) is 0.833. The van der Waals surface area contributed by atoms with Crippen LogP contribution in [0.5, 0.6) is 0 Å². The minimum atomic E-state index is -0.799. The lowest BCUT2D eigenvalue weighted by Gasteiger charge is -2.30. The Morgan fingerprint density at radius 1 is 1.33 bits per heavy atom. The summed E-state index contributed by atoms with van der Waals surface area (Å²) in [4.78, 5) is 12.4. The first-order valence-corrected chi connectivity index (χ1v) is 6.56. The van der Waals surface area contributed by atoms with Crippen molar-refractivity contribution in [3.8, 4) is 0 Å². The van der Waals surface area contributed by atoms with Crippen LogP contribution < -0.4 is 11.1 Å². The third-order valence-corrected chi connectivity index (χ3v) is 4.05. The highest BCUT2D eigenvalue weighted by molar-refractivity contribution is 6.07. The Balaban J connectivity index is 2.04. The number of amidine groups is 1. The topological polar surface area (TPSA) is 96.9 Å². The van der Waals surface area contributed by atoms with Crippen LogP contribution in [0.2, 0.25) is 0 Å². The number of nitrogens with one attached hydrogen (secondary N) is 1. The van der Waals surface area contributed by atoms with E-state index in [-0.39, 0.29) is 17.8 Å². The first kappa shape index (κ1) is 13.1. The third kappa shape index (κ3) is 2.43. The lowest BCUT2D eigenvalue weighted by atomic mass is 9.83. The standard InChI is InChI=1S/C12H21N3O3/c13-10(15-17)12(5-1-2-6-12)11(16)14-9-3-7-18-8-4-9/h9,17H,1-8H2,(H2,13,15)(H,14,16). The van der Waals surface area contributed by atoms with Gasteiger partial charge < -0.3 is 21.0 Å². The van der Waals surface area contributed by atoms with Crippen molar-refractivity contribution in [3.05, 3.63) is 0 Å². The molecular weight excluding hydrogens is 234 g/mol. The van der Waals surface area contributed by atoms with Crippen LogP contribution in [0.3, 0.4) is 0 Å². The van der Waals surface area contributed by atoms with Gasteiger partial charge in [0.05, 0.1) is 0 Å². The fourth-order valence-electron chi connectivity index (χ4n) is 2.84. The van der Waals surface area contributed by atoms with E-state index in [2.05, 4.69) is 10.5 Å². The summed E-state index contributed by atoms with van der Waals surface area (Å²) in [6.07, 6.45) is 4.88. The van der Waals surface area contributed by atoms with Crippen molar-refractivity contribution in [2.45, 2.75) is 44.6 Å². The highest BCUT2D eigenvalue weighted by Crippen LogP contribution is 2.38. The van der Waals surface area contributed by atoms with Gasteiger partial charge in [-0.3, -0.25) is 4.79 Å². The number of carbonyl (C=O) groups excluding carboxylic acids is 1. The minimum Gasteiger partial charge on any atom is -0.409 e. The average molecular weight is 255 g/mol. The molecule has 4 N–H and O–H groups in total. The molecule has 0 aromatic rings. The molecule has 0 unspecified atom stereocenters. The SMILES string of the molecule is NC(=NO)C1(C(=O)NC2CCOCC2)CCCC1. The number of nitrogens with zero attached hydrogens (tertiary/aromatic N) is 1. The van der Waals surface area contributed by atoms with E-state index in [1.54, 1.807) is 0 Å². The zero-order valence-electron chi connectivity index (χ0n) is 10.5. The van der Waals surface area contributed by atoms with E-state index in [1.165, 1.54) is 0 Å². The van der Waals surface area contributed by atoms with Crippen LogP contribution in [0.15, 0.2) is 5.16 Å². The molecule has 1 aliphatic heterocycles. The molecule has 0 bridgehead atoms. The molecule has 0 spiro atoms. The molecule has 18 heavy (non-hydrogen) atoms. The fourth-order valence-corrected chi connectivity index (χ4v) is 2.84. The number of hydrogen-bond donors (Lipinski definition) is 3. The highest BCUT2D eigenvalue weighted by Gasteiger charge is 2.45. The van der Waals surface area contributed by atoms with Crippen LogP contribution in [0.4, 0.5) is 0 Å². The number of ether oxygens (including phenoxy) is 1. The van der Waals surface area contributed by atoms with Gasteiger partial charge in [0.2, 0.25) is 5.91 Å². The van der Waals surface area contributed by atoms with Gasteiger partial charge in [-0.1, -0.05) is 18.0 Å². The van der Waals surface area contributed by atoms with Gasteiger partial charge in [0.1, 0.15) is 5.41 Å². The Kier molecular flexibility index (Phi) is 4.06. The van der Waals surface area contributed by atoms with Crippen LogP contribution in [0.1, 0.15) is 38.5 Å². The lowest BCUT2D eigenvalue weighted by molar-refractivity contribution is -0.128. The Morgan fingerprint density at radius 2 is 1.94 bits per heavy atom. The van der Waals surface area contributed by atoms with E-state index in [9.17, 15) is 4.79 Å². The normalized spacial score (nSPS) is 25.0. The maximum Gasteiger partial charge on any atom is 0.234 e. The van der Waals surface area contributed by atoms with Crippen molar-refractivity contribution >= 4 is 11.7 Å². The van der Waals surface area contributed by atoms with Crippen molar-refractivity contribution < 1.29 is 14.7 Å². The van der Waals surface area contributed by atoms with Gasteiger partial charge in [0, 0.05) is 19.3 Å². The van der Waals surface area contributed by atoms with E-state index < -0.39 is 5.41 Å². The highest BCUT2D eigenvalue weighted by atomic mass is 16.5. The molecule has 0 aromatic heterocycles. The number of amides is 1.